The molecule has 0 aliphatic heterocycles. The Balaban J connectivity index is 1.95. The molecule has 2 aromatic rings. The average Bonchev–Trinajstić information content (AvgIpc) is 2.61. The van der Waals surface area contributed by atoms with Crippen molar-refractivity contribution >= 4 is 12.2 Å². The zero-order valence-corrected chi connectivity index (χ0v) is 15.6. The predicted octanol–water partition coefficient (Wildman–Crippen LogP) is 6.04. The number of unbranched alkanes of at least 4 members (excludes halogenated alkanes) is 4. The molecule has 0 N–H and O–H groups in total. The zero-order valence-electron chi connectivity index (χ0n) is 14.8. The minimum atomic E-state index is 0.650. The first-order chi connectivity index (χ1) is 11.7. The standard InChI is InChI=1S/C20H28N2OS/c1-3-5-7-8-16-23-18-11-9-17(10-12-18)19-13-15-22(14-6-4-2)20(24)21-19/h9-13,15H,3-8,14,16H2,1-2H3. The van der Waals surface area contributed by atoms with E-state index < -0.39 is 0 Å². The predicted molar refractivity (Wildman–Crippen MR) is 103 cm³/mol. The minimum Gasteiger partial charge on any atom is -0.494 e. The van der Waals surface area contributed by atoms with E-state index in [9.17, 15) is 0 Å². The topological polar surface area (TPSA) is 27.1 Å². The van der Waals surface area contributed by atoms with Gasteiger partial charge in [0.15, 0.2) is 4.77 Å². The summed E-state index contributed by atoms with van der Waals surface area (Å²) in [7, 11) is 0. The molecule has 0 saturated carbocycles. The van der Waals surface area contributed by atoms with Crippen molar-refractivity contribution in [2.45, 2.75) is 58.9 Å². The zero-order chi connectivity index (χ0) is 17.2. The molecule has 0 radical (unpaired) electrons. The normalized spacial score (nSPS) is 10.8. The summed E-state index contributed by atoms with van der Waals surface area (Å²) in [6, 6.07) is 10.2. The van der Waals surface area contributed by atoms with E-state index in [2.05, 4.69) is 31.0 Å². The fourth-order valence-corrected chi connectivity index (χ4v) is 2.78. The molecule has 1 aromatic carbocycles. The smallest absolute Gasteiger partial charge is 0.200 e. The molecule has 1 aromatic heterocycles. The summed E-state index contributed by atoms with van der Waals surface area (Å²) in [5.41, 5.74) is 1.99. The highest BCUT2D eigenvalue weighted by atomic mass is 32.1. The van der Waals surface area contributed by atoms with Crippen molar-refractivity contribution in [2.75, 3.05) is 6.61 Å². The molecule has 0 aliphatic rings. The lowest BCUT2D eigenvalue weighted by molar-refractivity contribution is 0.305. The number of ether oxygens (including phenoxy) is 1. The maximum Gasteiger partial charge on any atom is 0.200 e. The Morgan fingerprint density at radius 3 is 2.38 bits per heavy atom. The Labute approximate surface area is 150 Å². The number of hydrogen-bond acceptors (Lipinski definition) is 3. The Morgan fingerprint density at radius 1 is 0.958 bits per heavy atom. The van der Waals surface area contributed by atoms with Gasteiger partial charge in [-0.3, -0.25) is 0 Å². The fraction of sp³-hybridized carbons (Fsp3) is 0.500. The molecule has 3 nitrogen and oxygen atoms in total. The van der Waals surface area contributed by atoms with E-state index in [4.69, 9.17) is 17.0 Å². The molecule has 0 atom stereocenters. The van der Waals surface area contributed by atoms with Crippen LogP contribution in [0.5, 0.6) is 5.75 Å². The average molecular weight is 345 g/mol. The molecular weight excluding hydrogens is 316 g/mol. The first-order valence-corrected chi connectivity index (χ1v) is 9.46. The van der Waals surface area contributed by atoms with Gasteiger partial charge in [-0.25, -0.2) is 4.98 Å². The van der Waals surface area contributed by atoms with Gasteiger partial charge in [0, 0.05) is 18.3 Å². The van der Waals surface area contributed by atoms with Crippen molar-refractivity contribution in [1.82, 2.24) is 9.55 Å². The van der Waals surface area contributed by atoms with Gasteiger partial charge >= 0.3 is 0 Å². The summed E-state index contributed by atoms with van der Waals surface area (Å²) in [6.45, 7) is 6.12. The lowest BCUT2D eigenvalue weighted by Crippen LogP contribution is -2.02. The van der Waals surface area contributed by atoms with Crippen LogP contribution in [0, 0.1) is 4.77 Å². The van der Waals surface area contributed by atoms with Gasteiger partial charge < -0.3 is 9.30 Å². The van der Waals surface area contributed by atoms with Crippen molar-refractivity contribution in [2.24, 2.45) is 0 Å². The molecule has 1 heterocycles. The van der Waals surface area contributed by atoms with Gasteiger partial charge in [-0.1, -0.05) is 39.5 Å². The Bertz CT molecular complexity index is 664. The van der Waals surface area contributed by atoms with E-state index in [1.807, 2.05) is 29.0 Å². The Kier molecular flexibility index (Phi) is 7.96. The van der Waals surface area contributed by atoms with E-state index >= 15 is 0 Å². The Morgan fingerprint density at radius 2 is 1.71 bits per heavy atom. The summed E-state index contributed by atoms with van der Waals surface area (Å²) in [5.74, 6) is 0.919. The molecule has 130 valence electrons. The minimum absolute atomic E-state index is 0.650. The molecule has 4 heteroatoms. The third-order valence-electron chi connectivity index (χ3n) is 4.04. The van der Waals surface area contributed by atoms with Crippen LogP contribution in [-0.2, 0) is 6.54 Å². The quantitative estimate of drug-likeness (QED) is 0.388. The summed E-state index contributed by atoms with van der Waals surface area (Å²) >= 11 is 5.40. The summed E-state index contributed by atoms with van der Waals surface area (Å²) in [4.78, 5) is 4.56. The highest BCUT2D eigenvalue weighted by Gasteiger charge is 2.02. The van der Waals surface area contributed by atoms with E-state index in [0.29, 0.717) is 4.77 Å². The second kappa shape index (κ2) is 10.2. The maximum atomic E-state index is 5.79. The third kappa shape index (κ3) is 5.75. The van der Waals surface area contributed by atoms with Crippen LogP contribution in [0.1, 0.15) is 52.4 Å². The fourth-order valence-electron chi connectivity index (χ4n) is 2.53. The molecule has 0 aliphatic carbocycles. The highest BCUT2D eigenvalue weighted by molar-refractivity contribution is 7.71. The van der Waals surface area contributed by atoms with E-state index in [-0.39, 0.29) is 0 Å². The number of hydrogen-bond donors (Lipinski definition) is 0. The van der Waals surface area contributed by atoms with Gasteiger partial charge in [-0.15, -0.1) is 0 Å². The van der Waals surface area contributed by atoms with Gasteiger partial charge in [0.25, 0.3) is 0 Å². The molecule has 0 unspecified atom stereocenters. The Hall–Kier alpha value is -1.68. The number of benzene rings is 1. The number of aromatic nitrogens is 2. The van der Waals surface area contributed by atoms with Crippen molar-refractivity contribution < 1.29 is 4.74 Å². The van der Waals surface area contributed by atoms with Crippen molar-refractivity contribution in [3.63, 3.8) is 0 Å². The molecular formula is C20H28N2OS. The SMILES string of the molecule is CCCCCCOc1ccc(-c2ccn(CCCC)c(=S)n2)cc1. The van der Waals surface area contributed by atoms with Gasteiger partial charge in [0.2, 0.25) is 0 Å². The first kappa shape index (κ1) is 18.7. The van der Waals surface area contributed by atoms with Crippen molar-refractivity contribution in [3.05, 3.63) is 41.3 Å². The van der Waals surface area contributed by atoms with Crippen molar-refractivity contribution in [1.29, 1.82) is 0 Å². The molecule has 0 fully saturated rings. The molecule has 0 bridgehead atoms. The van der Waals surface area contributed by atoms with Gasteiger partial charge in [-0.05, 0) is 55.4 Å². The largest absolute Gasteiger partial charge is 0.494 e. The lowest BCUT2D eigenvalue weighted by atomic mass is 10.1. The van der Waals surface area contributed by atoms with Gasteiger partial charge in [-0.2, -0.15) is 0 Å². The van der Waals surface area contributed by atoms with Crippen LogP contribution in [0.3, 0.4) is 0 Å². The first-order valence-electron chi connectivity index (χ1n) is 9.05. The molecule has 0 spiro atoms. The van der Waals surface area contributed by atoms with E-state index in [1.54, 1.807) is 0 Å². The molecule has 24 heavy (non-hydrogen) atoms. The van der Waals surface area contributed by atoms with Crippen LogP contribution >= 0.6 is 12.2 Å². The number of rotatable bonds is 10. The highest BCUT2D eigenvalue weighted by Crippen LogP contribution is 2.21. The maximum absolute atomic E-state index is 5.79. The summed E-state index contributed by atoms with van der Waals surface area (Å²) in [6.07, 6.45) is 9.21. The number of aryl methyl sites for hydroxylation is 1. The van der Waals surface area contributed by atoms with E-state index in [0.717, 1.165) is 49.4 Å². The summed E-state index contributed by atoms with van der Waals surface area (Å²) < 4.78 is 8.47. The van der Waals surface area contributed by atoms with Crippen LogP contribution < -0.4 is 4.74 Å². The lowest BCUT2D eigenvalue weighted by Gasteiger charge is -2.09. The molecule has 2 rings (SSSR count). The van der Waals surface area contributed by atoms with Crippen LogP contribution in [0.25, 0.3) is 11.3 Å². The van der Waals surface area contributed by atoms with Crippen LogP contribution in [0.2, 0.25) is 0 Å². The molecule has 0 saturated heterocycles. The van der Waals surface area contributed by atoms with Gasteiger partial charge in [0.1, 0.15) is 5.75 Å². The second-order valence-electron chi connectivity index (χ2n) is 6.08. The summed E-state index contributed by atoms with van der Waals surface area (Å²) in [5, 5.41) is 0. The van der Waals surface area contributed by atoms with Crippen LogP contribution in [0.15, 0.2) is 36.5 Å². The monoisotopic (exact) mass is 344 g/mol. The third-order valence-corrected chi connectivity index (χ3v) is 4.37. The second-order valence-corrected chi connectivity index (χ2v) is 6.44. The van der Waals surface area contributed by atoms with Gasteiger partial charge in [0.05, 0.1) is 12.3 Å². The number of nitrogens with zero attached hydrogens (tertiary/aromatic N) is 2. The molecule has 0 amide bonds. The van der Waals surface area contributed by atoms with Crippen LogP contribution in [0.4, 0.5) is 0 Å². The van der Waals surface area contributed by atoms with Crippen molar-refractivity contribution in [3.8, 4) is 17.0 Å². The van der Waals surface area contributed by atoms with Crippen LogP contribution in [-0.4, -0.2) is 16.2 Å². The van der Waals surface area contributed by atoms with E-state index in [1.165, 1.54) is 19.3 Å².